The van der Waals surface area contributed by atoms with E-state index < -0.39 is 29.0 Å². The van der Waals surface area contributed by atoms with E-state index in [1.54, 1.807) is 0 Å². The van der Waals surface area contributed by atoms with E-state index in [9.17, 15) is 44.0 Å². The number of nitrogens with zero attached hydrogens (tertiary/aromatic N) is 1. The van der Waals surface area contributed by atoms with Gasteiger partial charge in [0, 0.05) is 35.7 Å². The van der Waals surface area contributed by atoms with Gasteiger partial charge in [0.2, 0.25) is 0 Å². The summed E-state index contributed by atoms with van der Waals surface area (Å²) in [6, 6.07) is 15.8. The van der Waals surface area contributed by atoms with E-state index in [4.69, 9.17) is 21.1 Å². The molecule has 0 unspecified atom stereocenters. The van der Waals surface area contributed by atoms with Crippen LogP contribution in [0.5, 0.6) is 23.0 Å². The van der Waals surface area contributed by atoms with E-state index in [0.29, 0.717) is 41.7 Å². The van der Waals surface area contributed by atoms with Crippen LogP contribution >= 0.6 is 11.6 Å². The van der Waals surface area contributed by atoms with Crippen LogP contribution in [0.3, 0.4) is 0 Å². The van der Waals surface area contributed by atoms with E-state index in [1.165, 1.54) is 64.3 Å². The van der Waals surface area contributed by atoms with Gasteiger partial charge in [0.25, 0.3) is 0 Å². The Bertz CT molecular complexity index is 1990. The lowest BCUT2D eigenvalue weighted by Gasteiger charge is -2.38. The van der Waals surface area contributed by atoms with E-state index in [1.807, 2.05) is 24.3 Å². The van der Waals surface area contributed by atoms with Crippen molar-refractivity contribution in [1.29, 1.82) is 0 Å². The second-order valence-electron chi connectivity index (χ2n) is 12.8. The van der Waals surface area contributed by atoms with Gasteiger partial charge in [0.15, 0.2) is 12.1 Å². The fraction of sp³-hybridized carbons (Fsp3) is 0.300. The smallest absolute Gasteiger partial charge is 0.347 e. The number of aldehydes is 1. The number of aryl methyl sites for hydroxylation is 2. The minimum absolute atomic E-state index is 0.0414. The highest BCUT2D eigenvalue weighted by Gasteiger charge is 2.34. The van der Waals surface area contributed by atoms with Gasteiger partial charge in [-0.2, -0.15) is 0 Å². The van der Waals surface area contributed by atoms with Gasteiger partial charge in [-0.1, -0.05) is 23.7 Å². The van der Waals surface area contributed by atoms with Gasteiger partial charge in [-0.3, -0.25) is 9.59 Å². The summed E-state index contributed by atoms with van der Waals surface area (Å²) < 4.78 is 23.2. The van der Waals surface area contributed by atoms with Crippen LogP contribution in [0.2, 0.25) is 5.02 Å². The van der Waals surface area contributed by atoms with Crippen LogP contribution in [0, 0.1) is 26.6 Å². The number of Topliss-reactive ketones (excluding diaryl/α,β-unsaturated/α-hetero) is 1. The number of methoxy groups -OCH3 is 1. The number of ether oxygens (including phenoxy) is 2. The SMILES string of the molecule is COc1cc(C)c(C(=O)Oc2cc(C)c(O)c(C(=O)O)c2C)c(O)c1C=O.O=C(CCCN1CCC(O)(c2ccc(Cl)cc2)CC1)c1ccc(F)cc1. The number of aliphatic hydroxyl groups is 1. The Morgan fingerprint density at radius 3 is 2.08 bits per heavy atom. The van der Waals surface area contributed by atoms with Crippen LogP contribution in [-0.2, 0) is 5.60 Å². The number of aromatic hydroxyl groups is 2. The zero-order chi connectivity index (χ0) is 39.0. The number of esters is 1. The molecule has 4 aromatic carbocycles. The summed E-state index contributed by atoms with van der Waals surface area (Å²) in [5, 5.41) is 41.0. The molecule has 0 aromatic heterocycles. The number of hydrogen-bond donors (Lipinski definition) is 4. The molecule has 53 heavy (non-hydrogen) atoms. The van der Waals surface area contributed by atoms with Gasteiger partial charge in [-0.25, -0.2) is 14.0 Å². The number of carboxylic acids is 1. The number of ketones is 1. The van der Waals surface area contributed by atoms with Crippen molar-refractivity contribution >= 4 is 35.6 Å². The second-order valence-corrected chi connectivity index (χ2v) is 13.2. The number of hydrogen-bond acceptors (Lipinski definition) is 10. The van der Waals surface area contributed by atoms with Gasteiger partial charge >= 0.3 is 11.9 Å². The van der Waals surface area contributed by atoms with Crippen LogP contribution in [0.15, 0.2) is 60.7 Å². The molecule has 11 nitrogen and oxygen atoms in total. The molecule has 1 aliphatic heterocycles. The first-order chi connectivity index (χ1) is 25.1. The molecule has 0 spiro atoms. The molecule has 5 rings (SSSR count). The average molecular weight is 750 g/mol. The third kappa shape index (κ3) is 9.58. The van der Waals surface area contributed by atoms with Crippen LogP contribution in [0.4, 0.5) is 4.39 Å². The number of carboxylic acid groups (broad SMARTS) is 1. The lowest BCUT2D eigenvalue weighted by atomic mass is 9.84. The maximum Gasteiger partial charge on any atom is 0.347 e. The molecular formula is C40H41ClFNO10. The van der Waals surface area contributed by atoms with Gasteiger partial charge < -0.3 is 34.8 Å². The van der Waals surface area contributed by atoms with E-state index in [2.05, 4.69) is 4.90 Å². The van der Waals surface area contributed by atoms with Gasteiger partial charge in [-0.05, 0) is 112 Å². The molecule has 4 N–H and O–H groups in total. The number of halogens is 2. The molecule has 4 aromatic rings. The highest BCUT2D eigenvalue weighted by Crippen LogP contribution is 2.37. The van der Waals surface area contributed by atoms with Crippen LogP contribution < -0.4 is 9.47 Å². The topological polar surface area (TPSA) is 171 Å². The van der Waals surface area contributed by atoms with Gasteiger partial charge in [-0.15, -0.1) is 0 Å². The quantitative estimate of drug-likeness (QED) is 0.0530. The number of piperidine rings is 1. The zero-order valence-electron chi connectivity index (χ0n) is 29.7. The predicted molar refractivity (Wildman–Crippen MR) is 195 cm³/mol. The Morgan fingerprint density at radius 2 is 1.51 bits per heavy atom. The standard InChI is InChI=1S/C21H23ClFNO2.C19H18O8/c22-18-7-5-17(6-8-18)21(26)11-14-24(15-12-21)13-1-2-20(25)16-3-9-19(23)10-4-16;1-8-5-13(26-4)11(7-20)17(22)14(8)19(25)27-12-6-9(2)16(21)15(10(12)3)18(23)24/h3-10,26H,1-2,11-15H2;5-7,21-22H,1-4H3,(H,23,24). The van der Waals surface area contributed by atoms with Gasteiger partial charge in [0.1, 0.15) is 39.9 Å². The van der Waals surface area contributed by atoms with Crippen molar-refractivity contribution in [1.82, 2.24) is 4.90 Å². The molecule has 1 heterocycles. The minimum atomic E-state index is -1.38. The van der Waals surface area contributed by atoms with Crippen molar-refractivity contribution in [3.05, 3.63) is 116 Å². The summed E-state index contributed by atoms with van der Waals surface area (Å²) in [5.74, 6) is -3.66. The molecule has 280 valence electrons. The fourth-order valence-corrected chi connectivity index (χ4v) is 6.28. The summed E-state index contributed by atoms with van der Waals surface area (Å²) in [5.41, 5.74) is 0.360. The maximum absolute atomic E-state index is 12.9. The molecule has 0 amide bonds. The van der Waals surface area contributed by atoms with Crippen molar-refractivity contribution in [2.45, 2.75) is 52.1 Å². The fourth-order valence-electron chi connectivity index (χ4n) is 6.15. The maximum atomic E-state index is 12.9. The van der Waals surface area contributed by atoms with Crippen molar-refractivity contribution in [2.75, 3.05) is 26.7 Å². The third-order valence-corrected chi connectivity index (χ3v) is 9.52. The van der Waals surface area contributed by atoms with Crippen LogP contribution in [-0.4, -0.2) is 76.1 Å². The average Bonchev–Trinajstić information content (AvgIpc) is 3.12. The number of likely N-dealkylation sites (tertiary alicyclic amines) is 1. The second kappa shape index (κ2) is 17.5. The van der Waals surface area contributed by atoms with Crippen LogP contribution in [0.1, 0.15) is 89.4 Å². The molecule has 1 saturated heterocycles. The summed E-state index contributed by atoms with van der Waals surface area (Å²) in [6.45, 7) is 6.77. The number of phenolic OH excluding ortho intramolecular Hbond substituents is 1. The Kier molecular flexibility index (Phi) is 13.3. The normalized spacial score (nSPS) is 13.7. The molecule has 13 heteroatoms. The van der Waals surface area contributed by atoms with Crippen molar-refractivity contribution in [2.24, 2.45) is 0 Å². The number of carbonyl (C=O) groups excluding carboxylic acids is 3. The molecule has 0 bridgehead atoms. The number of aromatic carboxylic acids is 1. The number of phenols is 2. The Hall–Kier alpha value is -5.30. The van der Waals surface area contributed by atoms with E-state index >= 15 is 0 Å². The number of carbonyl (C=O) groups is 4. The summed E-state index contributed by atoms with van der Waals surface area (Å²) in [6.07, 6.45) is 2.89. The number of benzene rings is 4. The monoisotopic (exact) mass is 749 g/mol. The van der Waals surface area contributed by atoms with Crippen molar-refractivity contribution in [3.8, 4) is 23.0 Å². The largest absolute Gasteiger partial charge is 0.507 e. The molecular weight excluding hydrogens is 709 g/mol. The predicted octanol–water partition coefficient (Wildman–Crippen LogP) is 7.19. The molecule has 0 aliphatic carbocycles. The van der Waals surface area contributed by atoms with E-state index in [-0.39, 0.29) is 50.9 Å². The summed E-state index contributed by atoms with van der Waals surface area (Å²) in [7, 11) is 1.31. The highest BCUT2D eigenvalue weighted by atomic mass is 35.5. The lowest BCUT2D eigenvalue weighted by Crippen LogP contribution is -2.42. The lowest BCUT2D eigenvalue weighted by molar-refractivity contribution is -0.0260. The van der Waals surface area contributed by atoms with Crippen molar-refractivity contribution < 1.29 is 53.5 Å². The summed E-state index contributed by atoms with van der Waals surface area (Å²) in [4.78, 5) is 49.6. The molecule has 0 saturated carbocycles. The molecule has 1 aliphatic rings. The number of rotatable bonds is 11. The first-order valence-corrected chi connectivity index (χ1v) is 17.1. The molecule has 0 radical (unpaired) electrons. The molecule has 0 atom stereocenters. The van der Waals surface area contributed by atoms with Gasteiger partial charge in [0.05, 0.1) is 18.3 Å². The van der Waals surface area contributed by atoms with Crippen molar-refractivity contribution in [3.63, 3.8) is 0 Å². The third-order valence-electron chi connectivity index (χ3n) is 9.27. The minimum Gasteiger partial charge on any atom is -0.507 e. The molecule has 1 fully saturated rings. The Labute approximate surface area is 311 Å². The zero-order valence-corrected chi connectivity index (χ0v) is 30.5. The van der Waals surface area contributed by atoms with E-state index in [0.717, 1.165) is 31.6 Å². The highest BCUT2D eigenvalue weighted by molar-refractivity contribution is 6.30. The summed E-state index contributed by atoms with van der Waals surface area (Å²) >= 11 is 5.92. The Balaban J connectivity index is 0.000000237. The first-order valence-electron chi connectivity index (χ1n) is 16.7. The Morgan fingerprint density at radius 1 is 0.906 bits per heavy atom. The first kappa shape index (κ1) is 40.5. The van der Waals surface area contributed by atoms with Crippen LogP contribution in [0.25, 0.3) is 0 Å².